The van der Waals surface area contributed by atoms with E-state index >= 15 is 0 Å². The van der Waals surface area contributed by atoms with Crippen molar-refractivity contribution in [1.82, 2.24) is 9.97 Å². The van der Waals surface area contributed by atoms with E-state index in [1.165, 1.54) is 74.8 Å². The van der Waals surface area contributed by atoms with Gasteiger partial charge >= 0.3 is 0 Å². The molecule has 0 saturated heterocycles. The lowest BCUT2D eigenvalue weighted by molar-refractivity contribution is 1.23. The Morgan fingerprint density at radius 2 is 1.15 bits per heavy atom. The van der Waals surface area contributed by atoms with Crippen molar-refractivity contribution in [3.05, 3.63) is 170 Å². The molecule has 3 heterocycles. The van der Waals surface area contributed by atoms with E-state index in [-0.39, 0.29) is 0 Å². The van der Waals surface area contributed by atoms with E-state index < -0.39 is 0 Å². The minimum absolute atomic E-state index is 0.746. The van der Waals surface area contributed by atoms with E-state index in [1.54, 1.807) is 11.3 Å². The Bertz CT molecular complexity index is 3050. The Balaban J connectivity index is 1.06. The zero-order chi connectivity index (χ0) is 34.2. The number of fused-ring (bicyclic) bond motifs is 6. The molecule has 1 aliphatic rings. The molecule has 242 valence electrons. The summed E-state index contributed by atoms with van der Waals surface area (Å²) < 4.78 is 2.34. The number of thiophene rings is 1. The van der Waals surface area contributed by atoms with Crippen molar-refractivity contribution < 1.29 is 0 Å². The first kappa shape index (κ1) is 29.6. The Kier molecular flexibility index (Phi) is 6.69. The summed E-state index contributed by atoms with van der Waals surface area (Å²) in [6, 6.07) is 61.4. The summed E-state index contributed by atoms with van der Waals surface area (Å²) in [6.07, 6.45) is 0. The fourth-order valence-electron chi connectivity index (χ4n) is 7.77. The molecular weight excluding hydrogens is 669 g/mol. The van der Waals surface area contributed by atoms with Crippen LogP contribution < -0.4 is 0 Å². The lowest BCUT2D eigenvalue weighted by Gasteiger charge is -2.22. The third kappa shape index (κ3) is 4.72. The highest BCUT2D eigenvalue weighted by atomic mass is 32.2. The second kappa shape index (κ2) is 11.7. The highest BCUT2D eigenvalue weighted by molar-refractivity contribution is 7.99. The number of benzene rings is 8. The highest BCUT2D eigenvalue weighted by Crippen LogP contribution is 2.51. The second-order valence-corrected chi connectivity index (χ2v) is 15.5. The van der Waals surface area contributed by atoms with Crippen LogP contribution >= 0.6 is 23.1 Å². The fraction of sp³-hybridized carbons (Fsp3) is 0. The molecule has 0 unspecified atom stereocenters. The van der Waals surface area contributed by atoms with Crippen molar-refractivity contribution >= 4 is 64.9 Å². The summed E-state index contributed by atoms with van der Waals surface area (Å²) in [5, 5.41) is 6.30. The van der Waals surface area contributed by atoms with Gasteiger partial charge < -0.3 is 0 Å². The van der Waals surface area contributed by atoms with Crippen LogP contribution in [-0.4, -0.2) is 9.97 Å². The normalized spacial score (nSPS) is 12.2. The lowest BCUT2D eigenvalue weighted by Crippen LogP contribution is -1.97. The highest BCUT2D eigenvalue weighted by Gasteiger charge is 2.23. The van der Waals surface area contributed by atoms with Gasteiger partial charge in [0.25, 0.3) is 0 Å². The zero-order valence-electron chi connectivity index (χ0n) is 27.9. The van der Waals surface area contributed by atoms with Crippen LogP contribution in [0.1, 0.15) is 0 Å². The van der Waals surface area contributed by atoms with E-state index in [0.717, 1.165) is 32.9 Å². The van der Waals surface area contributed by atoms with Crippen LogP contribution in [0.5, 0.6) is 0 Å². The molecule has 0 aliphatic carbocycles. The Labute approximate surface area is 309 Å². The molecule has 8 aromatic carbocycles. The average Bonchev–Trinajstić information content (AvgIpc) is 3.59. The van der Waals surface area contributed by atoms with Gasteiger partial charge in [-0.2, -0.15) is 0 Å². The van der Waals surface area contributed by atoms with Gasteiger partial charge in [0.05, 0.1) is 15.9 Å². The first-order valence-electron chi connectivity index (χ1n) is 17.5. The van der Waals surface area contributed by atoms with Gasteiger partial charge in [-0.25, -0.2) is 9.97 Å². The minimum atomic E-state index is 0.746. The second-order valence-electron chi connectivity index (χ2n) is 13.3. The smallest absolute Gasteiger partial charge is 0.160 e. The van der Waals surface area contributed by atoms with Crippen molar-refractivity contribution in [3.63, 3.8) is 0 Å². The van der Waals surface area contributed by atoms with Crippen LogP contribution in [0.15, 0.2) is 180 Å². The summed E-state index contributed by atoms with van der Waals surface area (Å²) in [4.78, 5) is 13.2. The summed E-state index contributed by atoms with van der Waals surface area (Å²) in [6.45, 7) is 0. The largest absolute Gasteiger partial charge is 0.226 e. The Morgan fingerprint density at radius 1 is 0.404 bits per heavy atom. The molecule has 0 atom stereocenters. The van der Waals surface area contributed by atoms with Crippen molar-refractivity contribution in [3.8, 4) is 56.0 Å². The van der Waals surface area contributed by atoms with Crippen LogP contribution in [0.3, 0.4) is 0 Å². The molecule has 0 radical (unpaired) electrons. The van der Waals surface area contributed by atoms with Gasteiger partial charge in [0, 0.05) is 36.4 Å². The van der Waals surface area contributed by atoms with Crippen molar-refractivity contribution in [2.45, 2.75) is 9.79 Å². The zero-order valence-corrected chi connectivity index (χ0v) is 29.5. The first-order chi connectivity index (χ1) is 25.7. The lowest BCUT2D eigenvalue weighted by atomic mass is 9.91. The average molecular weight is 697 g/mol. The van der Waals surface area contributed by atoms with Gasteiger partial charge in [0.2, 0.25) is 0 Å². The SMILES string of the molecule is c1ccc(-c2cccc(-c3nc(-c4ccc5c(c4)Sc4ccc(-c6ccc7ccccc7c6)c6cccc-5c46)nc4c3sc3ccccc34)c2)cc1. The molecule has 2 aromatic heterocycles. The topological polar surface area (TPSA) is 25.8 Å². The van der Waals surface area contributed by atoms with Gasteiger partial charge in [-0.05, 0) is 79.9 Å². The van der Waals surface area contributed by atoms with Gasteiger partial charge in [0.15, 0.2) is 5.82 Å². The predicted molar refractivity (Wildman–Crippen MR) is 221 cm³/mol. The third-order valence-electron chi connectivity index (χ3n) is 10.3. The molecule has 0 fully saturated rings. The van der Waals surface area contributed by atoms with E-state index in [9.17, 15) is 0 Å². The summed E-state index contributed by atoms with van der Waals surface area (Å²) in [5.74, 6) is 0.746. The maximum atomic E-state index is 5.36. The maximum absolute atomic E-state index is 5.36. The third-order valence-corrected chi connectivity index (χ3v) is 12.6. The molecule has 0 bridgehead atoms. The number of hydrogen-bond donors (Lipinski definition) is 0. The number of rotatable bonds is 4. The first-order valence-corrected chi connectivity index (χ1v) is 19.1. The molecule has 0 saturated carbocycles. The number of hydrogen-bond acceptors (Lipinski definition) is 4. The Hall–Kier alpha value is -6.07. The van der Waals surface area contributed by atoms with Crippen molar-refractivity contribution in [2.75, 3.05) is 0 Å². The van der Waals surface area contributed by atoms with Crippen LogP contribution in [-0.2, 0) is 0 Å². The molecule has 52 heavy (non-hydrogen) atoms. The molecule has 1 aliphatic heterocycles. The monoisotopic (exact) mass is 696 g/mol. The predicted octanol–water partition coefficient (Wildman–Crippen LogP) is 14.0. The van der Waals surface area contributed by atoms with E-state index in [2.05, 4.69) is 170 Å². The van der Waals surface area contributed by atoms with Crippen LogP contribution in [0, 0.1) is 0 Å². The van der Waals surface area contributed by atoms with Gasteiger partial charge in [-0.3, -0.25) is 0 Å². The van der Waals surface area contributed by atoms with Gasteiger partial charge in [-0.1, -0.05) is 151 Å². The van der Waals surface area contributed by atoms with Gasteiger partial charge in [-0.15, -0.1) is 11.3 Å². The molecule has 11 rings (SSSR count). The van der Waals surface area contributed by atoms with E-state index in [1.807, 2.05) is 11.8 Å². The molecule has 0 spiro atoms. The molecule has 0 amide bonds. The molecule has 2 nitrogen and oxygen atoms in total. The van der Waals surface area contributed by atoms with Crippen LogP contribution in [0.2, 0.25) is 0 Å². The number of aromatic nitrogens is 2. The minimum Gasteiger partial charge on any atom is -0.226 e. The van der Waals surface area contributed by atoms with Crippen LogP contribution in [0.25, 0.3) is 97.9 Å². The fourth-order valence-corrected chi connectivity index (χ4v) is 10.1. The van der Waals surface area contributed by atoms with Crippen molar-refractivity contribution in [1.29, 1.82) is 0 Å². The van der Waals surface area contributed by atoms with E-state index in [4.69, 9.17) is 9.97 Å². The van der Waals surface area contributed by atoms with Gasteiger partial charge in [0.1, 0.15) is 0 Å². The maximum Gasteiger partial charge on any atom is 0.160 e. The summed E-state index contributed by atoms with van der Waals surface area (Å²) >= 11 is 3.62. The van der Waals surface area contributed by atoms with Crippen LogP contribution in [0.4, 0.5) is 0 Å². The molecule has 4 heteroatoms. The molecule has 10 aromatic rings. The quantitative estimate of drug-likeness (QED) is 0.183. The summed E-state index contributed by atoms with van der Waals surface area (Å²) in [7, 11) is 0. The van der Waals surface area contributed by atoms with Crippen molar-refractivity contribution in [2.24, 2.45) is 0 Å². The molecule has 0 N–H and O–H groups in total. The molecular formula is C48H28N2S2. The Morgan fingerprint density at radius 3 is 2.10 bits per heavy atom. The summed E-state index contributed by atoms with van der Waals surface area (Å²) in [5.41, 5.74) is 11.5. The standard InChI is InChI=1S/C48H28N2S2/c1-2-10-29(11-3-1)32-14-8-15-34(27-32)45-47-46(40-16-6-7-19-41(40)52-47)50-48(49-45)35-22-23-37-39-18-9-17-38-36(24-25-42(44(38)39)51-43(37)28-35)33-21-20-30-12-4-5-13-31(30)26-33/h1-28H. The number of nitrogens with zero attached hydrogens (tertiary/aromatic N) is 2. The van der Waals surface area contributed by atoms with E-state index in [0.29, 0.717) is 0 Å².